The molecule has 0 bridgehead atoms. The van der Waals surface area contributed by atoms with Gasteiger partial charge >= 0.3 is 0 Å². The molecule has 0 nitrogen and oxygen atoms in total. The highest BCUT2D eigenvalue weighted by atomic mass is 35.5. The van der Waals surface area contributed by atoms with E-state index in [-0.39, 0.29) is 10.6 Å². The van der Waals surface area contributed by atoms with Crippen LogP contribution in [0.5, 0.6) is 0 Å². The number of rotatable bonds is 2. The lowest BCUT2D eigenvalue weighted by Gasteiger charge is -2.11. The molecule has 18 heavy (non-hydrogen) atoms. The number of benzene rings is 1. The van der Waals surface area contributed by atoms with Crippen molar-refractivity contribution in [3.8, 4) is 0 Å². The van der Waals surface area contributed by atoms with Crippen LogP contribution in [0.15, 0.2) is 18.2 Å². The summed E-state index contributed by atoms with van der Waals surface area (Å²) in [6.45, 7) is 0. The van der Waals surface area contributed by atoms with Crippen molar-refractivity contribution in [1.29, 1.82) is 0 Å². The van der Waals surface area contributed by atoms with Gasteiger partial charge in [-0.1, -0.05) is 34.8 Å². The van der Waals surface area contributed by atoms with Crippen LogP contribution in [0.2, 0.25) is 13.7 Å². The summed E-state index contributed by atoms with van der Waals surface area (Å²) >= 11 is 24.9. The normalized spacial score (nSPS) is 12.8. The van der Waals surface area contributed by atoms with Gasteiger partial charge in [0.1, 0.15) is 0 Å². The lowest BCUT2D eigenvalue weighted by molar-refractivity contribution is 0.507. The molecule has 96 valence electrons. The number of thiophene rings is 1. The first-order valence-corrected chi connectivity index (χ1v) is 7.02. The fourth-order valence-corrected chi connectivity index (χ4v) is 3.75. The van der Waals surface area contributed by atoms with Gasteiger partial charge in [-0.2, -0.15) is 0 Å². The lowest BCUT2D eigenvalue weighted by Crippen LogP contribution is -1.96. The molecule has 0 aliphatic rings. The molecule has 0 amide bonds. The topological polar surface area (TPSA) is 0 Å². The molecule has 1 aromatic carbocycles. The van der Waals surface area contributed by atoms with Crippen molar-refractivity contribution in [3.63, 3.8) is 0 Å². The molecule has 1 heterocycles. The molecule has 1 unspecified atom stereocenters. The smallest absolute Gasteiger partial charge is 0.160 e. The van der Waals surface area contributed by atoms with Gasteiger partial charge in [0.25, 0.3) is 0 Å². The van der Waals surface area contributed by atoms with Crippen LogP contribution >= 0.6 is 57.7 Å². The average Bonchev–Trinajstić information content (AvgIpc) is 2.62. The van der Waals surface area contributed by atoms with Crippen molar-refractivity contribution in [2.45, 2.75) is 5.38 Å². The van der Waals surface area contributed by atoms with Gasteiger partial charge in [-0.25, -0.2) is 8.78 Å². The summed E-state index contributed by atoms with van der Waals surface area (Å²) in [6.07, 6.45) is 0. The molecular weight excluding hydrogens is 344 g/mol. The molecule has 1 atom stereocenters. The summed E-state index contributed by atoms with van der Waals surface area (Å²) in [7, 11) is 0. The standard InChI is InChI=1S/C11H4Cl4F2S/c12-6-3-8(17)7(16)1-4(6)10(14)5-2-9(13)18-11(5)15/h1-3,10H. The average molecular weight is 348 g/mol. The van der Waals surface area contributed by atoms with Gasteiger partial charge < -0.3 is 0 Å². The van der Waals surface area contributed by atoms with E-state index in [1.807, 2.05) is 0 Å². The Kier molecular flexibility index (Phi) is 4.40. The van der Waals surface area contributed by atoms with Crippen LogP contribution in [0.4, 0.5) is 8.78 Å². The molecule has 1 aromatic heterocycles. The Hall–Kier alpha value is -0.0600. The van der Waals surface area contributed by atoms with Crippen LogP contribution in [0.25, 0.3) is 0 Å². The van der Waals surface area contributed by atoms with Crippen LogP contribution in [-0.2, 0) is 0 Å². The molecule has 0 aliphatic carbocycles. The summed E-state index contributed by atoms with van der Waals surface area (Å²) in [6, 6.07) is 3.41. The summed E-state index contributed by atoms with van der Waals surface area (Å²) in [5.41, 5.74) is 0.759. The van der Waals surface area contributed by atoms with E-state index >= 15 is 0 Å². The minimum absolute atomic E-state index is 0.0345. The summed E-state index contributed by atoms with van der Waals surface area (Å²) in [4.78, 5) is 0. The van der Waals surface area contributed by atoms with Crippen molar-refractivity contribution < 1.29 is 8.78 Å². The van der Waals surface area contributed by atoms with Crippen molar-refractivity contribution in [2.75, 3.05) is 0 Å². The Morgan fingerprint density at radius 2 is 1.56 bits per heavy atom. The van der Waals surface area contributed by atoms with E-state index < -0.39 is 17.0 Å². The number of hydrogen-bond donors (Lipinski definition) is 0. The van der Waals surface area contributed by atoms with E-state index in [9.17, 15) is 8.78 Å². The highest BCUT2D eigenvalue weighted by Crippen LogP contribution is 2.42. The molecule has 0 spiro atoms. The second-order valence-electron chi connectivity index (χ2n) is 3.43. The minimum atomic E-state index is -1.03. The van der Waals surface area contributed by atoms with Crippen LogP contribution in [0, 0.1) is 11.6 Å². The van der Waals surface area contributed by atoms with Crippen molar-refractivity contribution >= 4 is 57.7 Å². The minimum Gasteiger partial charge on any atom is -0.204 e. The largest absolute Gasteiger partial charge is 0.204 e. The van der Waals surface area contributed by atoms with Gasteiger partial charge in [0.2, 0.25) is 0 Å². The lowest BCUT2D eigenvalue weighted by atomic mass is 10.1. The predicted octanol–water partition coefficient (Wildman–Crippen LogP) is 6.31. The van der Waals surface area contributed by atoms with Crippen LogP contribution in [0.3, 0.4) is 0 Å². The van der Waals surface area contributed by atoms with Gasteiger partial charge in [0.15, 0.2) is 11.6 Å². The fraction of sp³-hybridized carbons (Fsp3) is 0.0909. The third kappa shape index (κ3) is 2.75. The third-order valence-corrected chi connectivity index (χ3v) is 4.58. The first kappa shape index (κ1) is 14.4. The van der Waals surface area contributed by atoms with E-state index in [1.54, 1.807) is 6.07 Å². The SMILES string of the molecule is Fc1cc(Cl)c(C(Cl)c2cc(Cl)sc2Cl)cc1F. The summed E-state index contributed by atoms with van der Waals surface area (Å²) in [5.74, 6) is -2.04. The van der Waals surface area contributed by atoms with E-state index in [2.05, 4.69) is 0 Å². The van der Waals surface area contributed by atoms with E-state index in [0.717, 1.165) is 23.5 Å². The Balaban J connectivity index is 2.49. The Labute approximate surface area is 126 Å². The quantitative estimate of drug-likeness (QED) is 0.440. The number of hydrogen-bond acceptors (Lipinski definition) is 1. The zero-order valence-corrected chi connectivity index (χ0v) is 12.3. The zero-order valence-electron chi connectivity index (χ0n) is 8.49. The summed E-state index contributed by atoms with van der Waals surface area (Å²) < 4.78 is 27.0. The van der Waals surface area contributed by atoms with Gasteiger partial charge in [-0.05, 0) is 23.8 Å². The zero-order chi connectivity index (χ0) is 13.4. The van der Waals surface area contributed by atoms with Crippen molar-refractivity contribution in [2.24, 2.45) is 0 Å². The molecule has 0 saturated carbocycles. The van der Waals surface area contributed by atoms with Crippen LogP contribution in [-0.4, -0.2) is 0 Å². The molecule has 0 fully saturated rings. The number of halogens is 6. The van der Waals surface area contributed by atoms with Gasteiger partial charge in [0.05, 0.1) is 14.0 Å². The molecule has 0 N–H and O–H groups in total. The fourth-order valence-electron chi connectivity index (χ4n) is 1.43. The first-order chi connectivity index (χ1) is 8.40. The highest BCUT2D eigenvalue weighted by Gasteiger charge is 2.21. The van der Waals surface area contributed by atoms with Gasteiger partial charge in [-0.15, -0.1) is 22.9 Å². The van der Waals surface area contributed by atoms with Crippen molar-refractivity contribution in [1.82, 2.24) is 0 Å². The molecule has 2 aromatic rings. The second kappa shape index (κ2) is 5.51. The van der Waals surface area contributed by atoms with Crippen LogP contribution in [0.1, 0.15) is 16.5 Å². The Bertz CT molecular complexity index is 597. The molecule has 7 heteroatoms. The molecule has 0 radical (unpaired) electrons. The molecule has 2 rings (SSSR count). The third-order valence-electron chi connectivity index (χ3n) is 2.27. The maximum Gasteiger partial charge on any atom is 0.160 e. The first-order valence-electron chi connectivity index (χ1n) is 4.63. The van der Waals surface area contributed by atoms with Gasteiger partial charge in [0, 0.05) is 10.6 Å². The maximum atomic E-state index is 13.2. The van der Waals surface area contributed by atoms with E-state index in [0.29, 0.717) is 14.2 Å². The Morgan fingerprint density at radius 1 is 0.944 bits per heavy atom. The van der Waals surface area contributed by atoms with Crippen molar-refractivity contribution in [3.05, 3.63) is 54.7 Å². The van der Waals surface area contributed by atoms with Crippen LogP contribution < -0.4 is 0 Å². The second-order valence-corrected chi connectivity index (χ2v) is 6.56. The molecular formula is C11H4Cl4F2S. The number of alkyl halides is 1. The Morgan fingerprint density at radius 3 is 2.11 bits per heavy atom. The predicted molar refractivity (Wildman–Crippen MR) is 73.4 cm³/mol. The maximum absolute atomic E-state index is 13.2. The van der Waals surface area contributed by atoms with E-state index in [4.69, 9.17) is 46.4 Å². The summed E-state index contributed by atoms with van der Waals surface area (Å²) in [5, 5.41) is -0.754. The molecule has 0 saturated heterocycles. The highest BCUT2D eigenvalue weighted by molar-refractivity contribution is 7.20. The molecule has 0 aliphatic heterocycles. The van der Waals surface area contributed by atoms with E-state index in [1.165, 1.54) is 0 Å². The monoisotopic (exact) mass is 346 g/mol. The van der Waals surface area contributed by atoms with Gasteiger partial charge in [-0.3, -0.25) is 0 Å².